The first-order valence-corrected chi connectivity index (χ1v) is 7.00. The van der Waals surface area contributed by atoms with Crippen LogP contribution in [0.15, 0.2) is 24.3 Å². The summed E-state index contributed by atoms with van der Waals surface area (Å²) in [6, 6.07) is 8.28. The van der Waals surface area contributed by atoms with Crippen molar-refractivity contribution in [2.75, 3.05) is 6.61 Å². The quantitative estimate of drug-likeness (QED) is 0.604. The Morgan fingerprint density at radius 2 is 1.84 bits per heavy atom. The second-order valence-electron chi connectivity index (χ2n) is 5.09. The molecule has 104 valence electrons. The van der Waals surface area contributed by atoms with Gasteiger partial charge in [0.2, 0.25) is 0 Å². The number of benzene rings is 1. The van der Waals surface area contributed by atoms with Crippen molar-refractivity contribution in [2.24, 2.45) is 0 Å². The summed E-state index contributed by atoms with van der Waals surface area (Å²) in [5.41, 5.74) is 0.961. The first-order valence-electron chi connectivity index (χ1n) is 7.00. The van der Waals surface area contributed by atoms with Gasteiger partial charge in [0.25, 0.3) is 0 Å². The normalized spacial score (nSPS) is 29.1. The molecule has 0 amide bonds. The Balaban J connectivity index is 2.26. The summed E-state index contributed by atoms with van der Waals surface area (Å²) in [5, 5.41) is 0. The summed E-state index contributed by atoms with van der Waals surface area (Å²) in [6.45, 7) is 8.25. The number of esters is 1. The van der Waals surface area contributed by atoms with E-state index in [0.717, 1.165) is 12.0 Å². The third kappa shape index (κ3) is 2.06. The lowest BCUT2D eigenvalue weighted by molar-refractivity contribution is -0.149. The summed E-state index contributed by atoms with van der Waals surface area (Å²) in [7, 11) is 0. The van der Waals surface area contributed by atoms with Gasteiger partial charge in [-0.1, -0.05) is 38.1 Å². The molecular weight excluding hydrogens is 240 g/mol. The highest BCUT2D eigenvalue weighted by Crippen LogP contribution is 2.58. The fourth-order valence-electron chi connectivity index (χ4n) is 2.71. The van der Waals surface area contributed by atoms with Crippen LogP contribution in [-0.4, -0.2) is 18.2 Å². The average molecular weight is 262 g/mol. The molecule has 1 aliphatic heterocycles. The van der Waals surface area contributed by atoms with E-state index in [1.54, 1.807) is 0 Å². The van der Waals surface area contributed by atoms with Gasteiger partial charge in [-0.2, -0.15) is 0 Å². The van der Waals surface area contributed by atoms with Crippen molar-refractivity contribution in [3.05, 3.63) is 35.4 Å². The Kier molecular flexibility index (Phi) is 3.68. The summed E-state index contributed by atoms with van der Waals surface area (Å²) < 4.78 is 11.0. The first-order chi connectivity index (χ1) is 9.04. The SMILES string of the molecule is CCOC(=O)C1(CC)OC1(C)c1ccc(CC)cc1. The molecule has 1 aliphatic rings. The minimum Gasteiger partial charge on any atom is -0.464 e. The lowest BCUT2D eigenvalue weighted by atomic mass is 9.85. The van der Waals surface area contributed by atoms with Crippen LogP contribution in [-0.2, 0) is 26.3 Å². The van der Waals surface area contributed by atoms with Crippen LogP contribution < -0.4 is 0 Å². The van der Waals surface area contributed by atoms with E-state index < -0.39 is 11.2 Å². The van der Waals surface area contributed by atoms with Crippen molar-refractivity contribution < 1.29 is 14.3 Å². The predicted octanol–water partition coefficient (Wildman–Crippen LogP) is 3.21. The number of rotatable bonds is 5. The van der Waals surface area contributed by atoms with E-state index in [1.165, 1.54) is 5.56 Å². The monoisotopic (exact) mass is 262 g/mol. The van der Waals surface area contributed by atoms with E-state index in [1.807, 2.05) is 20.8 Å². The Hall–Kier alpha value is -1.35. The Morgan fingerprint density at radius 3 is 2.32 bits per heavy atom. The number of epoxide rings is 1. The van der Waals surface area contributed by atoms with Gasteiger partial charge < -0.3 is 9.47 Å². The zero-order chi connectivity index (χ0) is 14.1. The van der Waals surface area contributed by atoms with Gasteiger partial charge in [-0.15, -0.1) is 0 Å². The van der Waals surface area contributed by atoms with E-state index in [9.17, 15) is 4.79 Å². The van der Waals surface area contributed by atoms with Crippen LogP contribution in [0.4, 0.5) is 0 Å². The molecule has 0 N–H and O–H groups in total. The maximum absolute atomic E-state index is 12.1. The highest BCUT2D eigenvalue weighted by Gasteiger charge is 2.72. The number of aryl methyl sites for hydroxylation is 1. The standard InChI is InChI=1S/C16H22O3/c1-5-12-8-10-13(11-9-12)15(4)16(6-2,19-15)14(17)18-7-3/h8-11H,5-7H2,1-4H3. The Morgan fingerprint density at radius 1 is 1.21 bits per heavy atom. The highest BCUT2D eigenvalue weighted by molar-refractivity contribution is 5.85. The molecule has 1 fully saturated rings. The molecule has 19 heavy (non-hydrogen) atoms. The van der Waals surface area contributed by atoms with Gasteiger partial charge in [0.05, 0.1) is 6.61 Å². The molecule has 2 unspecified atom stereocenters. The number of hydrogen-bond acceptors (Lipinski definition) is 3. The van der Waals surface area contributed by atoms with Gasteiger partial charge in [-0.3, -0.25) is 0 Å². The molecule has 3 heteroatoms. The van der Waals surface area contributed by atoms with Crippen molar-refractivity contribution >= 4 is 5.97 Å². The van der Waals surface area contributed by atoms with E-state index in [-0.39, 0.29) is 5.97 Å². The van der Waals surface area contributed by atoms with Crippen molar-refractivity contribution in [3.8, 4) is 0 Å². The van der Waals surface area contributed by atoms with E-state index in [0.29, 0.717) is 13.0 Å². The molecular formula is C16H22O3. The van der Waals surface area contributed by atoms with Gasteiger partial charge in [0.1, 0.15) is 5.60 Å². The lowest BCUT2D eigenvalue weighted by Crippen LogP contribution is -2.32. The smallest absolute Gasteiger partial charge is 0.341 e. The van der Waals surface area contributed by atoms with Crippen LogP contribution in [0.5, 0.6) is 0 Å². The summed E-state index contributed by atoms with van der Waals surface area (Å²) >= 11 is 0. The maximum Gasteiger partial charge on any atom is 0.341 e. The molecule has 1 aromatic rings. The molecule has 0 radical (unpaired) electrons. The van der Waals surface area contributed by atoms with Crippen LogP contribution in [0.2, 0.25) is 0 Å². The van der Waals surface area contributed by atoms with Gasteiger partial charge in [-0.05, 0) is 37.8 Å². The maximum atomic E-state index is 12.1. The van der Waals surface area contributed by atoms with Crippen LogP contribution in [0, 0.1) is 0 Å². The molecule has 2 atom stereocenters. The average Bonchev–Trinajstić information content (AvgIpc) is 3.07. The second-order valence-corrected chi connectivity index (χ2v) is 5.09. The van der Waals surface area contributed by atoms with E-state index >= 15 is 0 Å². The van der Waals surface area contributed by atoms with Crippen LogP contribution in [0.1, 0.15) is 45.2 Å². The molecule has 0 aliphatic carbocycles. The summed E-state index contributed by atoms with van der Waals surface area (Å²) in [6.07, 6.45) is 1.63. The molecule has 1 aromatic carbocycles. The number of carbonyl (C=O) groups is 1. The topological polar surface area (TPSA) is 38.8 Å². The van der Waals surface area contributed by atoms with E-state index in [4.69, 9.17) is 9.47 Å². The fourth-order valence-corrected chi connectivity index (χ4v) is 2.71. The lowest BCUT2D eigenvalue weighted by Gasteiger charge is -2.14. The molecule has 1 saturated heterocycles. The highest BCUT2D eigenvalue weighted by atomic mass is 16.7. The Bertz CT molecular complexity index is 465. The minimum absolute atomic E-state index is 0.250. The van der Waals surface area contributed by atoms with Crippen LogP contribution in [0.25, 0.3) is 0 Å². The molecule has 0 spiro atoms. The largest absolute Gasteiger partial charge is 0.464 e. The van der Waals surface area contributed by atoms with Crippen LogP contribution in [0.3, 0.4) is 0 Å². The van der Waals surface area contributed by atoms with E-state index in [2.05, 4.69) is 31.2 Å². The molecule has 0 saturated carbocycles. The molecule has 1 heterocycles. The van der Waals surface area contributed by atoms with Crippen molar-refractivity contribution in [1.29, 1.82) is 0 Å². The van der Waals surface area contributed by atoms with Crippen molar-refractivity contribution in [3.63, 3.8) is 0 Å². The molecule has 2 rings (SSSR count). The van der Waals surface area contributed by atoms with Crippen LogP contribution >= 0.6 is 0 Å². The minimum atomic E-state index is -0.809. The number of carbonyl (C=O) groups excluding carboxylic acids is 1. The zero-order valence-corrected chi connectivity index (χ0v) is 12.2. The summed E-state index contributed by atoms with van der Waals surface area (Å²) in [5.74, 6) is -0.250. The Labute approximate surface area is 114 Å². The zero-order valence-electron chi connectivity index (χ0n) is 12.2. The summed E-state index contributed by atoms with van der Waals surface area (Å²) in [4.78, 5) is 12.1. The molecule has 0 bridgehead atoms. The van der Waals surface area contributed by atoms with Crippen molar-refractivity contribution in [1.82, 2.24) is 0 Å². The van der Waals surface area contributed by atoms with Gasteiger partial charge in [-0.25, -0.2) is 4.79 Å². The predicted molar refractivity (Wildman–Crippen MR) is 73.9 cm³/mol. The van der Waals surface area contributed by atoms with Gasteiger partial charge >= 0.3 is 5.97 Å². The third-order valence-electron chi connectivity index (χ3n) is 4.12. The third-order valence-corrected chi connectivity index (χ3v) is 4.12. The van der Waals surface area contributed by atoms with Crippen molar-refractivity contribution in [2.45, 2.75) is 51.7 Å². The van der Waals surface area contributed by atoms with Gasteiger partial charge in [0.15, 0.2) is 5.60 Å². The molecule has 3 nitrogen and oxygen atoms in total. The first kappa shape index (κ1) is 14.1. The van der Waals surface area contributed by atoms with Gasteiger partial charge in [0, 0.05) is 0 Å². The molecule has 0 aromatic heterocycles. The number of ether oxygens (including phenoxy) is 2. The number of hydrogen-bond donors (Lipinski definition) is 0. The fraction of sp³-hybridized carbons (Fsp3) is 0.562. The second kappa shape index (κ2) is 4.97.